The first-order valence-electron chi connectivity index (χ1n) is 10.4. The number of pyridine rings is 1. The number of benzene rings is 2. The second-order valence-corrected chi connectivity index (χ2v) is 7.97. The molecule has 4 aromatic rings. The molecule has 1 fully saturated rings. The lowest BCUT2D eigenvalue weighted by Gasteiger charge is -2.17. The Morgan fingerprint density at radius 2 is 1.97 bits per heavy atom. The molecule has 0 unspecified atom stereocenters. The number of carbonyl (C=O) groups is 2. The third kappa shape index (κ3) is 3.62. The van der Waals surface area contributed by atoms with E-state index in [0.717, 1.165) is 22.5 Å². The van der Waals surface area contributed by atoms with E-state index in [1.165, 1.54) is 17.0 Å². The largest absolute Gasteiger partial charge is 0.325 e. The Hall–Kier alpha value is -4.00. The highest BCUT2D eigenvalue weighted by Gasteiger charge is 2.35. The number of hydrogen-bond donors (Lipinski definition) is 1. The summed E-state index contributed by atoms with van der Waals surface area (Å²) in [6.07, 6.45) is 3.95. The molecule has 1 aliphatic heterocycles. The number of halogens is 1. The van der Waals surface area contributed by atoms with Crippen molar-refractivity contribution < 1.29 is 14.0 Å². The number of hydrogen-bond acceptors (Lipinski definition) is 3. The molecule has 2 amide bonds. The van der Waals surface area contributed by atoms with E-state index in [0.29, 0.717) is 11.4 Å². The highest BCUT2D eigenvalue weighted by atomic mass is 19.1. The van der Waals surface area contributed by atoms with Crippen molar-refractivity contribution in [3.05, 3.63) is 84.4 Å². The van der Waals surface area contributed by atoms with Crippen molar-refractivity contribution in [2.24, 2.45) is 5.92 Å². The summed E-state index contributed by atoms with van der Waals surface area (Å²) in [7, 11) is 0. The van der Waals surface area contributed by atoms with Gasteiger partial charge in [-0.2, -0.15) is 0 Å². The maximum atomic E-state index is 13.6. The van der Waals surface area contributed by atoms with E-state index in [1.54, 1.807) is 12.1 Å². The molecule has 0 bridgehead atoms. The second kappa shape index (κ2) is 7.92. The van der Waals surface area contributed by atoms with Crippen LogP contribution in [-0.2, 0) is 9.59 Å². The summed E-state index contributed by atoms with van der Waals surface area (Å²) in [5, 5.41) is 2.97. The van der Waals surface area contributed by atoms with Crippen LogP contribution in [0.15, 0.2) is 73.1 Å². The van der Waals surface area contributed by atoms with Gasteiger partial charge in [-0.1, -0.05) is 30.3 Å². The third-order valence-electron chi connectivity index (χ3n) is 5.75. The van der Waals surface area contributed by atoms with E-state index in [4.69, 9.17) is 4.98 Å². The normalized spacial score (nSPS) is 16.0. The SMILES string of the molecule is Cc1cccn2cc(-c3ccccc3NC(=O)[C@H]3CC(=O)N(c4cccc(F)c4)C3)nc12. The van der Waals surface area contributed by atoms with Gasteiger partial charge in [0.05, 0.1) is 17.3 Å². The average Bonchev–Trinajstić information content (AvgIpc) is 3.39. The van der Waals surface area contributed by atoms with Gasteiger partial charge in [0.25, 0.3) is 0 Å². The van der Waals surface area contributed by atoms with Crippen LogP contribution < -0.4 is 10.2 Å². The molecule has 1 atom stereocenters. The zero-order valence-electron chi connectivity index (χ0n) is 17.5. The first kappa shape index (κ1) is 19.9. The molecule has 3 heterocycles. The summed E-state index contributed by atoms with van der Waals surface area (Å²) in [6.45, 7) is 2.21. The molecule has 32 heavy (non-hydrogen) atoms. The minimum atomic E-state index is -0.526. The van der Waals surface area contributed by atoms with E-state index in [1.807, 2.05) is 60.1 Å². The molecule has 2 aromatic heterocycles. The minimum absolute atomic E-state index is 0.0814. The molecule has 1 saturated heterocycles. The number of imidazole rings is 1. The van der Waals surface area contributed by atoms with Crippen molar-refractivity contribution in [3.63, 3.8) is 0 Å². The standard InChI is InChI=1S/C25H21FN4O2/c1-16-6-5-11-29-15-22(27-24(16)29)20-9-2-3-10-21(20)28-25(32)17-12-23(31)30(14-17)19-8-4-7-18(26)13-19/h2-11,13,15,17H,12,14H2,1H3,(H,28,32)/t17-/m0/s1. The second-order valence-electron chi connectivity index (χ2n) is 7.97. The number of aromatic nitrogens is 2. The van der Waals surface area contributed by atoms with Gasteiger partial charge in [0.15, 0.2) is 0 Å². The van der Waals surface area contributed by atoms with Crippen molar-refractivity contribution in [1.29, 1.82) is 0 Å². The van der Waals surface area contributed by atoms with Gasteiger partial charge in [0.1, 0.15) is 11.5 Å². The van der Waals surface area contributed by atoms with Gasteiger partial charge in [-0.3, -0.25) is 9.59 Å². The number of amides is 2. The van der Waals surface area contributed by atoms with Crippen molar-refractivity contribution in [2.75, 3.05) is 16.8 Å². The van der Waals surface area contributed by atoms with E-state index in [-0.39, 0.29) is 24.8 Å². The predicted octanol–water partition coefficient (Wildman–Crippen LogP) is 4.44. The third-order valence-corrected chi connectivity index (χ3v) is 5.75. The smallest absolute Gasteiger partial charge is 0.229 e. The van der Waals surface area contributed by atoms with Gasteiger partial charge in [0.2, 0.25) is 11.8 Å². The van der Waals surface area contributed by atoms with Crippen LogP contribution in [0.3, 0.4) is 0 Å². The first-order valence-corrected chi connectivity index (χ1v) is 10.4. The average molecular weight is 428 g/mol. The van der Waals surface area contributed by atoms with Crippen LogP contribution in [0.1, 0.15) is 12.0 Å². The maximum Gasteiger partial charge on any atom is 0.229 e. The van der Waals surface area contributed by atoms with Gasteiger partial charge in [-0.05, 0) is 42.8 Å². The summed E-state index contributed by atoms with van der Waals surface area (Å²) in [5.74, 6) is -1.38. The van der Waals surface area contributed by atoms with Crippen LogP contribution in [-0.4, -0.2) is 27.7 Å². The fourth-order valence-corrected chi connectivity index (χ4v) is 4.11. The highest BCUT2D eigenvalue weighted by Crippen LogP contribution is 2.30. The monoisotopic (exact) mass is 428 g/mol. The Morgan fingerprint density at radius 3 is 2.78 bits per heavy atom. The number of carbonyl (C=O) groups excluding carboxylic acids is 2. The van der Waals surface area contributed by atoms with E-state index < -0.39 is 11.7 Å². The molecule has 2 aromatic carbocycles. The number of para-hydroxylation sites is 1. The number of fused-ring (bicyclic) bond motifs is 1. The Balaban J connectivity index is 1.38. The number of anilines is 2. The van der Waals surface area contributed by atoms with Crippen LogP contribution in [0.2, 0.25) is 0 Å². The summed E-state index contributed by atoms with van der Waals surface area (Å²) >= 11 is 0. The molecule has 160 valence electrons. The van der Waals surface area contributed by atoms with Crippen molar-refractivity contribution in [3.8, 4) is 11.3 Å². The number of rotatable bonds is 4. The van der Waals surface area contributed by atoms with Crippen LogP contribution >= 0.6 is 0 Å². The summed E-state index contributed by atoms with van der Waals surface area (Å²) in [4.78, 5) is 31.7. The number of nitrogens with zero attached hydrogens (tertiary/aromatic N) is 3. The molecular weight excluding hydrogens is 407 g/mol. The zero-order valence-corrected chi connectivity index (χ0v) is 17.5. The van der Waals surface area contributed by atoms with E-state index >= 15 is 0 Å². The minimum Gasteiger partial charge on any atom is -0.325 e. The van der Waals surface area contributed by atoms with Gasteiger partial charge in [-0.15, -0.1) is 0 Å². The van der Waals surface area contributed by atoms with Gasteiger partial charge < -0.3 is 14.6 Å². The quantitative estimate of drug-likeness (QED) is 0.523. The predicted molar refractivity (Wildman–Crippen MR) is 121 cm³/mol. The molecule has 6 nitrogen and oxygen atoms in total. The molecular formula is C25H21FN4O2. The van der Waals surface area contributed by atoms with Crippen molar-refractivity contribution in [1.82, 2.24) is 9.38 Å². The summed E-state index contributed by atoms with van der Waals surface area (Å²) < 4.78 is 15.5. The number of aryl methyl sites for hydroxylation is 1. The Labute approximate surface area is 184 Å². The van der Waals surface area contributed by atoms with E-state index in [2.05, 4.69) is 5.32 Å². The molecule has 0 saturated carbocycles. The van der Waals surface area contributed by atoms with Crippen molar-refractivity contribution >= 4 is 28.8 Å². The summed E-state index contributed by atoms with van der Waals surface area (Å²) in [6, 6.07) is 17.3. The molecule has 1 N–H and O–H groups in total. The fourth-order valence-electron chi connectivity index (χ4n) is 4.11. The van der Waals surface area contributed by atoms with Gasteiger partial charge in [0, 0.05) is 36.6 Å². The summed E-state index contributed by atoms with van der Waals surface area (Å²) in [5.41, 5.74) is 4.56. The molecule has 0 aliphatic carbocycles. The van der Waals surface area contributed by atoms with Crippen LogP contribution in [0, 0.1) is 18.7 Å². The zero-order chi connectivity index (χ0) is 22.2. The lowest BCUT2D eigenvalue weighted by atomic mass is 10.1. The maximum absolute atomic E-state index is 13.6. The Bertz CT molecular complexity index is 1350. The molecule has 5 rings (SSSR count). The lowest BCUT2D eigenvalue weighted by Crippen LogP contribution is -2.28. The number of nitrogens with one attached hydrogen (secondary N) is 1. The topological polar surface area (TPSA) is 66.7 Å². The van der Waals surface area contributed by atoms with Crippen LogP contribution in [0.25, 0.3) is 16.9 Å². The van der Waals surface area contributed by atoms with Gasteiger partial charge in [-0.25, -0.2) is 9.37 Å². The highest BCUT2D eigenvalue weighted by molar-refractivity contribution is 6.04. The molecule has 0 radical (unpaired) electrons. The molecule has 0 spiro atoms. The lowest BCUT2D eigenvalue weighted by molar-refractivity contribution is -0.122. The van der Waals surface area contributed by atoms with Crippen molar-refractivity contribution in [2.45, 2.75) is 13.3 Å². The van der Waals surface area contributed by atoms with E-state index in [9.17, 15) is 14.0 Å². The Morgan fingerprint density at radius 1 is 1.12 bits per heavy atom. The fraction of sp³-hybridized carbons (Fsp3) is 0.160. The van der Waals surface area contributed by atoms with Gasteiger partial charge >= 0.3 is 0 Å². The van der Waals surface area contributed by atoms with Crippen LogP contribution in [0.4, 0.5) is 15.8 Å². The Kier molecular flexibility index (Phi) is 4.93. The van der Waals surface area contributed by atoms with Crippen LogP contribution in [0.5, 0.6) is 0 Å². The first-order chi connectivity index (χ1) is 15.5. The molecule has 7 heteroatoms. The molecule has 1 aliphatic rings.